The maximum absolute atomic E-state index is 4.32. The lowest BCUT2D eigenvalue weighted by molar-refractivity contribution is 0.473. The van der Waals surface area contributed by atoms with Gasteiger partial charge in [0.1, 0.15) is 0 Å². The molecule has 4 nitrogen and oxygen atoms in total. The van der Waals surface area contributed by atoms with Crippen LogP contribution in [0.5, 0.6) is 0 Å². The van der Waals surface area contributed by atoms with Gasteiger partial charge in [0.2, 0.25) is 0 Å². The average Bonchev–Trinajstić information content (AvgIpc) is 2.84. The fourth-order valence-corrected chi connectivity index (χ4v) is 2.63. The van der Waals surface area contributed by atoms with Crippen molar-refractivity contribution in [3.8, 4) is 0 Å². The fourth-order valence-electron chi connectivity index (χ4n) is 2.63. The van der Waals surface area contributed by atoms with Crippen molar-refractivity contribution in [1.82, 2.24) is 20.3 Å². The first-order valence-corrected chi connectivity index (χ1v) is 6.32. The molecular formula is C12H22N4. The summed E-state index contributed by atoms with van der Waals surface area (Å²) in [7, 11) is 1.97. The van der Waals surface area contributed by atoms with Gasteiger partial charge in [-0.05, 0) is 33.7 Å². The van der Waals surface area contributed by atoms with E-state index in [2.05, 4.69) is 34.2 Å². The molecule has 1 fully saturated rings. The molecule has 0 bridgehead atoms. The molecule has 1 aromatic heterocycles. The van der Waals surface area contributed by atoms with Crippen molar-refractivity contribution in [2.24, 2.45) is 0 Å². The van der Waals surface area contributed by atoms with Gasteiger partial charge in [0.15, 0.2) is 0 Å². The summed E-state index contributed by atoms with van der Waals surface area (Å²) in [5.74, 6) is 0.681. The molecule has 1 N–H and O–H groups in total. The predicted octanol–water partition coefficient (Wildman–Crippen LogP) is 2.24. The lowest BCUT2D eigenvalue weighted by Crippen LogP contribution is -2.14. The summed E-state index contributed by atoms with van der Waals surface area (Å²) >= 11 is 0. The van der Waals surface area contributed by atoms with Crippen LogP contribution in [0.15, 0.2) is 0 Å². The zero-order valence-corrected chi connectivity index (χ0v) is 10.5. The number of nitrogens with zero attached hydrogens (tertiary/aromatic N) is 3. The van der Waals surface area contributed by atoms with Crippen LogP contribution in [0.4, 0.5) is 0 Å². The summed E-state index contributed by atoms with van der Waals surface area (Å²) in [6, 6.07) is 0.411. The topological polar surface area (TPSA) is 42.7 Å². The zero-order chi connectivity index (χ0) is 11.5. The first kappa shape index (κ1) is 11.6. The maximum atomic E-state index is 4.32. The molecule has 2 rings (SSSR count). The average molecular weight is 222 g/mol. The van der Waals surface area contributed by atoms with Crippen molar-refractivity contribution >= 4 is 0 Å². The van der Waals surface area contributed by atoms with Crippen molar-refractivity contribution in [2.75, 3.05) is 7.05 Å². The van der Waals surface area contributed by atoms with Gasteiger partial charge in [-0.2, -0.15) is 0 Å². The molecule has 90 valence electrons. The number of nitrogens with one attached hydrogen (secondary N) is 1. The summed E-state index contributed by atoms with van der Waals surface area (Å²) < 4.78 is 2.11. The Balaban J connectivity index is 2.32. The highest BCUT2D eigenvalue weighted by Gasteiger charge is 2.25. The Kier molecular flexibility index (Phi) is 3.59. The third-order valence-corrected chi connectivity index (χ3v) is 3.38. The highest BCUT2D eigenvalue weighted by Crippen LogP contribution is 2.36. The van der Waals surface area contributed by atoms with Gasteiger partial charge in [0.05, 0.1) is 11.4 Å². The van der Waals surface area contributed by atoms with Crippen molar-refractivity contribution in [2.45, 2.75) is 58.0 Å². The first-order valence-electron chi connectivity index (χ1n) is 6.32. The third-order valence-electron chi connectivity index (χ3n) is 3.38. The van der Waals surface area contributed by atoms with E-state index in [9.17, 15) is 0 Å². The molecule has 0 aliphatic heterocycles. The summed E-state index contributed by atoms with van der Waals surface area (Å²) in [6.07, 6.45) is 5.31. The Morgan fingerprint density at radius 1 is 1.38 bits per heavy atom. The SMILES string of the molecule is CNCc1nnn(C(C)C)c1C1CCCC1. The largest absolute Gasteiger partial charge is 0.314 e. The Morgan fingerprint density at radius 3 is 2.62 bits per heavy atom. The van der Waals surface area contributed by atoms with E-state index in [-0.39, 0.29) is 0 Å². The molecule has 0 radical (unpaired) electrons. The van der Waals surface area contributed by atoms with Gasteiger partial charge in [-0.1, -0.05) is 18.1 Å². The summed E-state index contributed by atoms with van der Waals surface area (Å²) in [5.41, 5.74) is 2.52. The van der Waals surface area contributed by atoms with Crippen LogP contribution in [0, 0.1) is 0 Å². The molecule has 1 aromatic rings. The van der Waals surface area contributed by atoms with E-state index in [0.717, 1.165) is 12.2 Å². The number of rotatable bonds is 4. The van der Waals surface area contributed by atoms with E-state index in [1.165, 1.54) is 31.4 Å². The molecule has 1 aliphatic carbocycles. The van der Waals surface area contributed by atoms with E-state index in [1.54, 1.807) is 0 Å². The molecular weight excluding hydrogens is 200 g/mol. The molecule has 0 spiro atoms. The lowest BCUT2D eigenvalue weighted by atomic mass is 10.0. The van der Waals surface area contributed by atoms with Crippen LogP contribution >= 0.6 is 0 Å². The summed E-state index contributed by atoms with van der Waals surface area (Å²) in [6.45, 7) is 5.19. The van der Waals surface area contributed by atoms with E-state index < -0.39 is 0 Å². The molecule has 16 heavy (non-hydrogen) atoms. The molecule has 0 amide bonds. The van der Waals surface area contributed by atoms with Crippen molar-refractivity contribution in [1.29, 1.82) is 0 Å². The zero-order valence-electron chi connectivity index (χ0n) is 10.5. The van der Waals surface area contributed by atoms with E-state index in [1.807, 2.05) is 7.05 Å². The van der Waals surface area contributed by atoms with Gasteiger partial charge in [-0.15, -0.1) is 5.10 Å². The Labute approximate surface area is 97.4 Å². The van der Waals surface area contributed by atoms with Gasteiger partial charge >= 0.3 is 0 Å². The highest BCUT2D eigenvalue weighted by molar-refractivity contribution is 5.17. The lowest BCUT2D eigenvalue weighted by Gasteiger charge is -2.16. The number of aromatic nitrogens is 3. The fraction of sp³-hybridized carbons (Fsp3) is 0.833. The Morgan fingerprint density at radius 2 is 2.06 bits per heavy atom. The van der Waals surface area contributed by atoms with Crippen molar-refractivity contribution < 1.29 is 0 Å². The molecule has 1 aliphatic rings. The monoisotopic (exact) mass is 222 g/mol. The van der Waals surface area contributed by atoms with Gasteiger partial charge < -0.3 is 5.32 Å². The maximum Gasteiger partial charge on any atom is 0.0999 e. The number of hydrogen-bond acceptors (Lipinski definition) is 3. The summed E-state index contributed by atoms with van der Waals surface area (Å²) in [4.78, 5) is 0. The van der Waals surface area contributed by atoms with Crippen LogP contribution in [0.25, 0.3) is 0 Å². The predicted molar refractivity (Wildman–Crippen MR) is 64.4 cm³/mol. The standard InChI is InChI=1S/C12H22N4/c1-9(2)16-12(10-6-4-5-7-10)11(8-13-3)14-15-16/h9-10,13H,4-8H2,1-3H3. The van der Waals surface area contributed by atoms with E-state index in [4.69, 9.17) is 0 Å². The van der Waals surface area contributed by atoms with Crippen LogP contribution in [0.1, 0.15) is 62.9 Å². The molecule has 0 atom stereocenters. The molecule has 0 unspecified atom stereocenters. The summed E-state index contributed by atoms with van der Waals surface area (Å²) in [5, 5.41) is 11.8. The van der Waals surface area contributed by atoms with Crippen LogP contribution < -0.4 is 5.32 Å². The van der Waals surface area contributed by atoms with Gasteiger partial charge in [-0.25, -0.2) is 4.68 Å². The molecule has 0 saturated heterocycles. The minimum Gasteiger partial charge on any atom is -0.314 e. The van der Waals surface area contributed by atoms with Gasteiger partial charge in [-0.3, -0.25) is 0 Å². The molecule has 0 aromatic carbocycles. The van der Waals surface area contributed by atoms with Gasteiger partial charge in [0, 0.05) is 18.5 Å². The second-order valence-corrected chi connectivity index (χ2v) is 4.97. The van der Waals surface area contributed by atoms with Crippen molar-refractivity contribution in [3.05, 3.63) is 11.4 Å². The second kappa shape index (κ2) is 4.95. The van der Waals surface area contributed by atoms with Crippen molar-refractivity contribution in [3.63, 3.8) is 0 Å². The Bertz CT molecular complexity index is 337. The normalized spacial score (nSPS) is 17.5. The van der Waals surface area contributed by atoms with Crippen LogP contribution in [0.2, 0.25) is 0 Å². The smallest absolute Gasteiger partial charge is 0.0999 e. The van der Waals surface area contributed by atoms with Gasteiger partial charge in [0.25, 0.3) is 0 Å². The minimum absolute atomic E-state index is 0.411. The van der Waals surface area contributed by atoms with E-state index >= 15 is 0 Å². The molecule has 1 heterocycles. The van der Waals surface area contributed by atoms with Crippen LogP contribution in [-0.2, 0) is 6.54 Å². The minimum atomic E-state index is 0.411. The molecule has 1 saturated carbocycles. The second-order valence-electron chi connectivity index (χ2n) is 4.97. The van der Waals surface area contributed by atoms with E-state index in [0.29, 0.717) is 12.0 Å². The first-order chi connectivity index (χ1) is 7.74. The van der Waals surface area contributed by atoms with Crippen LogP contribution in [0.3, 0.4) is 0 Å². The molecule has 4 heteroatoms. The third kappa shape index (κ3) is 2.12. The Hall–Kier alpha value is -0.900. The highest BCUT2D eigenvalue weighted by atomic mass is 15.4. The quantitative estimate of drug-likeness (QED) is 0.849. The van der Waals surface area contributed by atoms with Crippen LogP contribution in [-0.4, -0.2) is 22.0 Å². The number of hydrogen-bond donors (Lipinski definition) is 1.